The van der Waals surface area contributed by atoms with E-state index in [2.05, 4.69) is 42.5 Å². The molecule has 3 nitrogen and oxygen atoms in total. The van der Waals surface area contributed by atoms with Crippen molar-refractivity contribution in [3.63, 3.8) is 0 Å². The van der Waals surface area contributed by atoms with Crippen LogP contribution < -0.4 is 10.1 Å². The molecule has 0 spiro atoms. The number of thioether (sulfide) groups is 1. The quantitative estimate of drug-likeness (QED) is 0.812. The zero-order valence-corrected chi connectivity index (χ0v) is 12.9. The minimum atomic E-state index is 0.434. The number of aromatic nitrogens is 1. The largest absolute Gasteiger partial charge is 0.439 e. The number of benzene rings is 1. The number of rotatable bonds is 6. The molecule has 20 heavy (non-hydrogen) atoms. The molecule has 0 saturated heterocycles. The second-order valence-corrected chi connectivity index (χ2v) is 5.66. The highest BCUT2D eigenvalue weighted by molar-refractivity contribution is 7.98. The molecule has 0 radical (unpaired) electrons. The van der Waals surface area contributed by atoms with Crippen LogP contribution in [-0.2, 0) is 6.54 Å². The van der Waals surface area contributed by atoms with E-state index in [4.69, 9.17) is 4.74 Å². The fourth-order valence-corrected chi connectivity index (χ4v) is 2.13. The Balaban J connectivity index is 2.11. The summed E-state index contributed by atoms with van der Waals surface area (Å²) in [7, 11) is 0. The lowest BCUT2D eigenvalue weighted by atomic mass is 10.2. The Bertz CT molecular complexity index is 540. The second kappa shape index (κ2) is 7.31. The maximum Gasteiger partial charge on any atom is 0.223 e. The third-order valence-electron chi connectivity index (χ3n) is 2.82. The van der Waals surface area contributed by atoms with Gasteiger partial charge in [-0.05, 0) is 36.6 Å². The summed E-state index contributed by atoms with van der Waals surface area (Å²) in [6, 6.07) is 12.4. The molecule has 0 unspecified atom stereocenters. The normalized spacial score (nSPS) is 10.8. The highest BCUT2D eigenvalue weighted by Crippen LogP contribution is 2.25. The third-order valence-corrected chi connectivity index (χ3v) is 3.57. The lowest BCUT2D eigenvalue weighted by Crippen LogP contribution is -2.22. The number of nitrogens with zero attached hydrogens (tertiary/aromatic N) is 1. The average Bonchev–Trinajstić information content (AvgIpc) is 2.47. The molecule has 0 bridgehead atoms. The lowest BCUT2D eigenvalue weighted by Gasteiger charge is -2.12. The molecule has 0 aliphatic rings. The summed E-state index contributed by atoms with van der Waals surface area (Å²) in [5.41, 5.74) is 1.06. The zero-order valence-electron chi connectivity index (χ0n) is 12.1. The second-order valence-electron chi connectivity index (χ2n) is 4.78. The van der Waals surface area contributed by atoms with E-state index in [0.717, 1.165) is 17.9 Å². The molecule has 0 atom stereocenters. The Morgan fingerprint density at radius 2 is 1.95 bits per heavy atom. The van der Waals surface area contributed by atoms with Gasteiger partial charge in [0.25, 0.3) is 0 Å². The predicted molar refractivity (Wildman–Crippen MR) is 84.5 cm³/mol. The van der Waals surface area contributed by atoms with Gasteiger partial charge in [-0.15, -0.1) is 11.8 Å². The Morgan fingerprint density at radius 1 is 1.20 bits per heavy atom. The van der Waals surface area contributed by atoms with Crippen molar-refractivity contribution < 1.29 is 4.74 Å². The summed E-state index contributed by atoms with van der Waals surface area (Å²) in [6.45, 7) is 5.00. The molecule has 106 valence electrons. The molecular formula is C16H20N2OS. The SMILES string of the molecule is CSc1ccc(Oc2ncccc2CNC(C)C)cc1. The summed E-state index contributed by atoms with van der Waals surface area (Å²) in [5, 5.41) is 3.38. The topological polar surface area (TPSA) is 34.1 Å². The van der Waals surface area contributed by atoms with Crippen molar-refractivity contribution >= 4 is 11.8 Å². The van der Waals surface area contributed by atoms with Crippen LogP contribution in [-0.4, -0.2) is 17.3 Å². The van der Waals surface area contributed by atoms with Crippen LogP contribution in [0, 0.1) is 0 Å². The average molecular weight is 288 g/mol. The Morgan fingerprint density at radius 3 is 2.60 bits per heavy atom. The molecule has 2 aromatic rings. The standard InChI is InChI=1S/C16H20N2OS/c1-12(2)18-11-13-5-4-10-17-16(13)19-14-6-8-15(20-3)9-7-14/h4-10,12,18H,11H2,1-3H3. The van der Waals surface area contributed by atoms with Crippen molar-refractivity contribution in [2.24, 2.45) is 0 Å². The van der Waals surface area contributed by atoms with Gasteiger partial charge in [0, 0.05) is 29.2 Å². The summed E-state index contributed by atoms with van der Waals surface area (Å²) >= 11 is 1.72. The van der Waals surface area contributed by atoms with Crippen molar-refractivity contribution in [1.29, 1.82) is 0 Å². The van der Waals surface area contributed by atoms with Gasteiger partial charge in [0.15, 0.2) is 0 Å². The first-order valence-electron chi connectivity index (χ1n) is 6.68. The maximum absolute atomic E-state index is 5.88. The molecule has 1 heterocycles. The van der Waals surface area contributed by atoms with Gasteiger partial charge < -0.3 is 10.1 Å². The van der Waals surface area contributed by atoms with Crippen molar-refractivity contribution in [3.05, 3.63) is 48.2 Å². The lowest BCUT2D eigenvalue weighted by molar-refractivity contribution is 0.450. The van der Waals surface area contributed by atoms with Crippen molar-refractivity contribution in [1.82, 2.24) is 10.3 Å². The Kier molecular flexibility index (Phi) is 5.44. The van der Waals surface area contributed by atoms with Gasteiger partial charge in [0.1, 0.15) is 5.75 Å². The first-order chi connectivity index (χ1) is 9.69. The molecule has 0 fully saturated rings. The molecular weight excluding hydrogens is 268 g/mol. The minimum absolute atomic E-state index is 0.434. The van der Waals surface area contributed by atoms with E-state index in [0.29, 0.717) is 11.9 Å². The van der Waals surface area contributed by atoms with Crippen molar-refractivity contribution in [2.45, 2.75) is 31.3 Å². The van der Waals surface area contributed by atoms with Gasteiger partial charge >= 0.3 is 0 Å². The van der Waals surface area contributed by atoms with Crippen molar-refractivity contribution in [2.75, 3.05) is 6.26 Å². The fourth-order valence-electron chi connectivity index (χ4n) is 1.72. The predicted octanol–water partition coefficient (Wildman–Crippen LogP) is 4.09. The van der Waals surface area contributed by atoms with Crippen LogP contribution in [0.15, 0.2) is 47.5 Å². The molecule has 1 aromatic heterocycles. The number of ether oxygens (including phenoxy) is 1. The van der Waals surface area contributed by atoms with E-state index < -0.39 is 0 Å². The zero-order chi connectivity index (χ0) is 14.4. The van der Waals surface area contributed by atoms with Crippen LogP contribution >= 0.6 is 11.8 Å². The van der Waals surface area contributed by atoms with Gasteiger partial charge in [-0.1, -0.05) is 19.9 Å². The highest BCUT2D eigenvalue weighted by atomic mass is 32.2. The molecule has 0 amide bonds. The first kappa shape index (κ1) is 14.9. The molecule has 4 heteroatoms. The van der Waals surface area contributed by atoms with E-state index in [9.17, 15) is 0 Å². The fraction of sp³-hybridized carbons (Fsp3) is 0.312. The van der Waals surface area contributed by atoms with E-state index in [1.165, 1.54) is 4.90 Å². The summed E-state index contributed by atoms with van der Waals surface area (Å²) in [6.07, 6.45) is 3.81. The molecule has 1 N–H and O–H groups in total. The summed E-state index contributed by atoms with van der Waals surface area (Å²) < 4.78 is 5.88. The molecule has 2 rings (SSSR count). The number of hydrogen-bond donors (Lipinski definition) is 1. The molecule has 0 saturated carbocycles. The van der Waals surface area contributed by atoms with Gasteiger partial charge in [0.2, 0.25) is 5.88 Å². The van der Waals surface area contributed by atoms with E-state index in [1.54, 1.807) is 18.0 Å². The molecule has 0 aliphatic heterocycles. The smallest absolute Gasteiger partial charge is 0.223 e. The van der Waals surface area contributed by atoms with Crippen LogP contribution in [0.1, 0.15) is 19.4 Å². The van der Waals surface area contributed by atoms with Crippen LogP contribution in [0.5, 0.6) is 11.6 Å². The molecule has 0 aliphatic carbocycles. The van der Waals surface area contributed by atoms with Crippen LogP contribution in [0.2, 0.25) is 0 Å². The van der Waals surface area contributed by atoms with Gasteiger partial charge in [-0.3, -0.25) is 0 Å². The number of hydrogen-bond acceptors (Lipinski definition) is 4. The van der Waals surface area contributed by atoms with Crippen molar-refractivity contribution in [3.8, 4) is 11.6 Å². The monoisotopic (exact) mass is 288 g/mol. The number of nitrogens with one attached hydrogen (secondary N) is 1. The van der Waals surface area contributed by atoms with E-state index in [-0.39, 0.29) is 0 Å². The Hall–Kier alpha value is -1.52. The minimum Gasteiger partial charge on any atom is -0.439 e. The van der Waals surface area contributed by atoms with Gasteiger partial charge in [-0.25, -0.2) is 4.98 Å². The Labute approximate surface area is 124 Å². The number of pyridine rings is 1. The van der Waals surface area contributed by atoms with E-state index >= 15 is 0 Å². The summed E-state index contributed by atoms with van der Waals surface area (Å²) in [5.74, 6) is 1.48. The van der Waals surface area contributed by atoms with Gasteiger partial charge in [0.05, 0.1) is 0 Å². The van der Waals surface area contributed by atoms with Gasteiger partial charge in [-0.2, -0.15) is 0 Å². The van der Waals surface area contributed by atoms with Crippen LogP contribution in [0.3, 0.4) is 0 Å². The van der Waals surface area contributed by atoms with E-state index in [1.807, 2.05) is 24.3 Å². The third kappa shape index (κ3) is 4.25. The summed E-state index contributed by atoms with van der Waals surface area (Å²) in [4.78, 5) is 5.55. The first-order valence-corrected chi connectivity index (χ1v) is 7.90. The molecule has 1 aromatic carbocycles. The highest BCUT2D eigenvalue weighted by Gasteiger charge is 2.06. The van der Waals surface area contributed by atoms with Crippen LogP contribution in [0.4, 0.5) is 0 Å². The maximum atomic E-state index is 5.88. The van der Waals surface area contributed by atoms with Crippen LogP contribution in [0.25, 0.3) is 0 Å².